The number of imide groups is 1. The number of aliphatic carboxylic acids is 2. The number of hydrogen-bond acceptors (Lipinski definition) is 6. The van der Waals surface area contributed by atoms with Crippen LogP contribution in [0.2, 0.25) is 0 Å². The lowest BCUT2D eigenvalue weighted by Crippen LogP contribution is -2.44. The number of carboxylic acids is 2. The van der Waals surface area contributed by atoms with Gasteiger partial charge in [-0.2, -0.15) is 0 Å². The number of nitrogens with zero attached hydrogens (tertiary/aromatic N) is 1. The molecule has 28 heavy (non-hydrogen) atoms. The molecule has 3 amide bonds. The average Bonchev–Trinajstić information content (AvgIpc) is 2.91. The lowest BCUT2D eigenvalue weighted by molar-refractivity contribution is -0.143. The Kier molecular flexibility index (Phi) is 11.4. The van der Waals surface area contributed by atoms with Gasteiger partial charge >= 0.3 is 11.9 Å². The number of amides is 3. The average molecular weight is 399 g/mol. The van der Waals surface area contributed by atoms with Crippen molar-refractivity contribution in [1.82, 2.24) is 10.2 Å². The fourth-order valence-electron chi connectivity index (χ4n) is 2.14. The highest BCUT2D eigenvalue weighted by atomic mass is 16.4. The number of carbonyl (C=O) groups is 5. The van der Waals surface area contributed by atoms with Gasteiger partial charge in [0.05, 0.1) is 0 Å². The molecule has 0 spiro atoms. The van der Waals surface area contributed by atoms with Gasteiger partial charge in [0.2, 0.25) is 5.91 Å². The van der Waals surface area contributed by atoms with Crippen LogP contribution in [0, 0.1) is 5.92 Å². The molecule has 1 aliphatic heterocycles. The zero-order valence-corrected chi connectivity index (χ0v) is 16.4. The van der Waals surface area contributed by atoms with E-state index in [2.05, 4.69) is 5.32 Å². The van der Waals surface area contributed by atoms with Gasteiger partial charge in [0.1, 0.15) is 12.1 Å². The SMILES string of the molecule is CC(C)[C@H](NC(=O)CCCCCN1C(=O)C=CC1=O)C(=O)O.C[C@H](N)C(=O)O. The summed E-state index contributed by atoms with van der Waals surface area (Å²) in [5.74, 6) is -3.08. The van der Waals surface area contributed by atoms with Crippen molar-refractivity contribution in [2.45, 2.75) is 58.5 Å². The Morgan fingerprint density at radius 1 is 1.00 bits per heavy atom. The van der Waals surface area contributed by atoms with E-state index in [4.69, 9.17) is 15.9 Å². The van der Waals surface area contributed by atoms with Gasteiger partial charge in [0.15, 0.2) is 0 Å². The maximum atomic E-state index is 11.7. The van der Waals surface area contributed by atoms with Crippen LogP contribution in [0.3, 0.4) is 0 Å². The molecule has 0 aromatic rings. The second-order valence-corrected chi connectivity index (χ2v) is 6.73. The quantitative estimate of drug-likeness (QED) is 0.297. The van der Waals surface area contributed by atoms with Gasteiger partial charge in [-0.3, -0.25) is 24.1 Å². The van der Waals surface area contributed by atoms with Gasteiger partial charge in [-0.05, 0) is 25.7 Å². The lowest BCUT2D eigenvalue weighted by atomic mass is 10.0. The normalized spacial score (nSPS) is 15.1. The van der Waals surface area contributed by atoms with Crippen LogP contribution < -0.4 is 11.1 Å². The third kappa shape index (κ3) is 9.81. The van der Waals surface area contributed by atoms with Crippen LogP contribution in [-0.4, -0.2) is 63.4 Å². The lowest BCUT2D eigenvalue weighted by Gasteiger charge is -2.18. The Labute approximate surface area is 163 Å². The van der Waals surface area contributed by atoms with E-state index in [-0.39, 0.29) is 30.1 Å². The van der Waals surface area contributed by atoms with Crippen molar-refractivity contribution in [2.24, 2.45) is 11.7 Å². The molecular formula is C18H29N3O7. The van der Waals surface area contributed by atoms with Crippen LogP contribution >= 0.6 is 0 Å². The van der Waals surface area contributed by atoms with E-state index in [1.165, 1.54) is 24.0 Å². The second-order valence-electron chi connectivity index (χ2n) is 6.73. The predicted molar refractivity (Wildman–Crippen MR) is 100 cm³/mol. The molecule has 2 atom stereocenters. The van der Waals surface area contributed by atoms with Crippen molar-refractivity contribution in [3.8, 4) is 0 Å². The van der Waals surface area contributed by atoms with Crippen LogP contribution in [0.15, 0.2) is 12.2 Å². The molecule has 0 saturated heterocycles. The van der Waals surface area contributed by atoms with Crippen molar-refractivity contribution in [2.75, 3.05) is 6.54 Å². The van der Waals surface area contributed by atoms with Gasteiger partial charge < -0.3 is 21.3 Å². The minimum Gasteiger partial charge on any atom is -0.480 e. The van der Waals surface area contributed by atoms with Crippen molar-refractivity contribution in [1.29, 1.82) is 0 Å². The summed E-state index contributed by atoms with van der Waals surface area (Å²) in [5, 5.41) is 19.3. The Hall–Kier alpha value is -2.75. The van der Waals surface area contributed by atoms with Gasteiger partial charge in [0.25, 0.3) is 11.8 Å². The predicted octanol–water partition coefficient (Wildman–Crippen LogP) is 0.115. The monoisotopic (exact) mass is 399 g/mol. The first-order valence-corrected chi connectivity index (χ1v) is 9.01. The van der Waals surface area contributed by atoms with E-state index in [0.29, 0.717) is 25.8 Å². The fourth-order valence-corrected chi connectivity index (χ4v) is 2.14. The Balaban J connectivity index is 0.00000105. The third-order valence-corrected chi connectivity index (χ3v) is 3.82. The number of hydrogen-bond donors (Lipinski definition) is 4. The molecule has 0 aromatic carbocycles. The van der Waals surface area contributed by atoms with Crippen LogP contribution in [-0.2, 0) is 24.0 Å². The highest BCUT2D eigenvalue weighted by molar-refractivity contribution is 6.12. The molecular weight excluding hydrogens is 370 g/mol. The van der Waals surface area contributed by atoms with E-state index in [0.717, 1.165) is 0 Å². The zero-order chi connectivity index (χ0) is 21.9. The number of carboxylic acid groups (broad SMARTS) is 2. The van der Waals surface area contributed by atoms with E-state index in [9.17, 15) is 24.0 Å². The molecule has 0 fully saturated rings. The third-order valence-electron chi connectivity index (χ3n) is 3.82. The van der Waals surface area contributed by atoms with Gasteiger partial charge in [-0.25, -0.2) is 4.79 Å². The molecule has 10 nitrogen and oxygen atoms in total. The van der Waals surface area contributed by atoms with E-state index < -0.39 is 24.0 Å². The Morgan fingerprint density at radius 2 is 1.50 bits per heavy atom. The van der Waals surface area contributed by atoms with E-state index >= 15 is 0 Å². The number of nitrogens with two attached hydrogens (primary N) is 1. The maximum absolute atomic E-state index is 11.7. The van der Waals surface area contributed by atoms with Crippen LogP contribution in [0.5, 0.6) is 0 Å². The molecule has 1 heterocycles. The van der Waals surface area contributed by atoms with E-state index in [1.54, 1.807) is 13.8 Å². The molecule has 0 aromatic heterocycles. The van der Waals surface area contributed by atoms with Gasteiger partial charge in [-0.15, -0.1) is 0 Å². The minimum absolute atomic E-state index is 0.179. The van der Waals surface area contributed by atoms with Crippen molar-refractivity contribution in [3.05, 3.63) is 12.2 Å². The molecule has 0 saturated carbocycles. The van der Waals surface area contributed by atoms with Crippen molar-refractivity contribution < 1.29 is 34.2 Å². The zero-order valence-electron chi connectivity index (χ0n) is 16.4. The first kappa shape index (κ1) is 25.2. The minimum atomic E-state index is -1.04. The summed E-state index contributed by atoms with van der Waals surface area (Å²) in [7, 11) is 0. The molecule has 0 unspecified atom stereocenters. The summed E-state index contributed by atoms with van der Waals surface area (Å²) in [6.07, 6.45) is 4.61. The molecule has 0 aliphatic carbocycles. The summed E-state index contributed by atoms with van der Waals surface area (Å²) in [5.41, 5.74) is 4.84. The van der Waals surface area contributed by atoms with Gasteiger partial charge in [0, 0.05) is 25.1 Å². The smallest absolute Gasteiger partial charge is 0.326 e. The largest absolute Gasteiger partial charge is 0.480 e. The maximum Gasteiger partial charge on any atom is 0.326 e. The number of nitrogens with one attached hydrogen (secondary N) is 1. The summed E-state index contributed by atoms with van der Waals surface area (Å²) >= 11 is 0. The standard InChI is InChI=1S/C15H22N2O5.C3H7NO2/c1-10(2)14(15(21)22)16-11(18)6-4-3-5-9-17-12(19)7-8-13(17)20;1-2(4)3(5)6/h7-8,10,14H,3-6,9H2,1-2H3,(H,16,18)(H,21,22);2H,4H2,1H3,(H,5,6)/t14-;2-/m00/s1. The first-order valence-electron chi connectivity index (χ1n) is 9.01. The molecule has 0 bridgehead atoms. The molecule has 1 rings (SSSR count). The summed E-state index contributed by atoms with van der Waals surface area (Å²) in [6, 6.07) is -1.61. The second kappa shape index (κ2) is 12.6. The van der Waals surface area contributed by atoms with Gasteiger partial charge in [-0.1, -0.05) is 20.3 Å². The van der Waals surface area contributed by atoms with Crippen LogP contribution in [0.4, 0.5) is 0 Å². The molecule has 10 heteroatoms. The summed E-state index contributed by atoms with van der Waals surface area (Å²) < 4.78 is 0. The fraction of sp³-hybridized carbons (Fsp3) is 0.611. The number of carbonyl (C=O) groups excluding carboxylic acids is 3. The van der Waals surface area contributed by atoms with Crippen LogP contribution in [0.25, 0.3) is 0 Å². The highest BCUT2D eigenvalue weighted by Gasteiger charge is 2.24. The van der Waals surface area contributed by atoms with E-state index in [1.807, 2.05) is 0 Å². The molecule has 0 radical (unpaired) electrons. The number of unbranched alkanes of at least 4 members (excludes halogenated alkanes) is 2. The summed E-state index contributed by atoms with van der Waals surface area (Å²) in [4.78, 5) is 56.0. The van der Waals surface area contributed by atoms with Crippen molar-refractivity contribution in [3.63, 3.8) is 0 Å². The topological polar surface area (TPSA) is 167 Å². The molecule has 5 N–H and O–H groups in total. The molecule has 1 aliphatic rings. The van der Waals surface area contributed by atoms with Crippen molar-refractivity contribution >= 4 is 29.7 Å². The highest BCUT2D eigenvalue weighted by Crippen LogP contribution is 2.08. The number of rotatable bonds is 10. The molecule has 158 valence electrons. The Bertz CT molecular complexity index is 596. The first-order chi connectivity index (χ1) is 13.0. The summed E-state index contributed by atoms with van der Waals surface area (Å²) in [6.45, 7) is 5.23. The van der Waals surface area contributed by atoms with Crippen LogP contribution in [0.1, 0.15) is 46.5 Å². The Morgan fingerprint density at radius 3 is 1.89 bits per heavy atom.